The summed E-state index contributed by atoms with van der Waals surface area (Å²) in [6.07, 6.45) is 11.0. The summed E-state index contributed by atoms with van der Waals surface area (Å²) in [6.45, 7) is 10.6. The first-order valence-corrected chi connectivity index (χ1v) is 14.3. The molecule has 2 aromatic carbocycles. The largest absolute Gasteiger partial charge is 0.488 e. The third-order valence-corrected chi connectivity index (χ3v) is 8.39. The molecule has 42 heavy (non-hydrogen) atoms. The molecular weight excluding hydrogens is 550 g/mol. The molecule has 1 aliphatic carbocycles. The number of fused-ring (bicyclic) bond motifs is 5. The van der Waals surface area contributed by atoms with Gasteiger partial charge in [-0.2, -0.15) is 4.98 Å². The lowest BCUT2D eigenvalue weighted by atomic mass is 9.76. The van der Waals surface area contributed by atoms with Gasteiger partial charge in [-0.05, 0) is 53.6 Å². The molecule has 0 radical (unpaired) electrons. The molecule has 1 unspecified atom stereocenters. The highest BCUT2D eigenvalue weighted by Gasteiger charge is 2.48. The van der Waals surface area contributed by atoms with E-state index in [9.17, 15) is 4.79 Å². The van der Waals surface area contributed by atoms with Crippen molar-refractivity contribution in [3.05, 3.63) is 94.1 Å². The van der Waals surface area contributed by atoms with Gasteiger partial charge in [-0.3, -0.25) is 14.2 Å². The monoisotopic (exact) mass is 579 g/mol. The van der Waals surface area contributed by atoms with E-state index in [4.69, 9.17) is 26.3 Å². The first-order chi connectivity index (χ1) is 20.2. The fourth-order valence-electron chi connectivity index (χ4n) is 5.79. The van der Waals surface area contributed by atoms with Gasteiger partial charge in [0, 0.05) is 35.9 Å². The summed E-state index contributed by atoms with van der Waals surface area (Å²) in [6, 6.07) is 11.8. The first kappa shape index (κ1) is 26.4. The van der Waals surface area contributed by atoms with Crippen LogP contribution in [0.15, 0.2) is 77.4 Å². The highest BCUT2D eigenvalue weighted by molar-refractivity contribution is 6.34. The molecule has 9 nitrogen and oxygen atoms in total. The van der Waals surface area contributed by atoms with Gasteiger partial charge in [-0.1, -0.05) is 57.2 Å². The predicted octanol–water partition coefficient (Wildman–Crippen LogP) is 6.59. The molecule has 1 saturated carbocycles. The van der Waals surface area contributed by atoms with Crippen LogP contribution in [0.25, 0.3) is 22.5 Å². The van der Waals surface area contributed by atoms with Crippen LogP contribution in [0.2, 0.25) is 5.02 Å². The summed E-state index contributed by atoms with van der Waals surface area (Å²) in [7, 11) is 0. The van der Waals surface area contributed by atoms with Crippen molar-refractivity contribution < 1.29 is 4.74 Å². The van der Waals surface area contributed by atoms with E-state index in [-0.39, 0.29) is 29.0 Å². The highest BCUT2D eigenvalue weighted by atomic mass is 35.5. The zero-order valence-corrected chi connectivity index (χ0v) is 24.4. The van der Waals surface area contributed by atoms with Gasteiger partial charge in [0.25, 0.3) is 5.56 Å². The summed E-state index contributed by atoms with van der Waals surface area (Å²) >= 11 is 6.69. The second-order valence-electron chi connectivity index (χ2n) is 12.0. The van der Waals surface area contributed by atoms with Crippen LogP contribution in [0.5, 0.6) is 5.75 Å². The Labute approximate surface area is 247 Å². The molecule has 10 heteroatoms. The Morgan fingerprint density at radius 1 is 1.21 bits per heavy atom. The van der Waals surface area contributed by atoms with Crippen molar-refractivity contribution >= 4 is 46.3 Å². The Bertz CT molecular complexity index is 1980. The van der Waals surface area contributed by atoms with E-state index in [1.54, 1.807) is 41.1 Å². The molecule has 4 heterocycles. The molecule has 212 valence electrons. The summed E-state index contributed by atoms with van der Waals surface area (Å²) in [5.41, 5.74) is 4.08. The lowest BCUT2D eigenvalue weighted by Gasteiger charge is -2.34. The molecular formula is C32H30ClN7O2. The maximum atomic E-state index is 13.8. The Hall–Kier alpha value is -4.50. The number of hydrogen-bond donors (Lipinski definition) is 1. The molecule has 1 N–H and O–H groups in total. The molecule has 5 aromatic rings. The zero-order chi connectivity index (χ0) is 29.2. The molecule has 3 aromatic heterocycles. The van der Waals surface area contributed by atoms with Crippen molar-refractivity contribution in [3.8, 4) is 11.4 Å². The van der Waals surface area contributed by atoms with Crippen molar-refractivity contribution in [2.24, 2.45) is 10.4 Å². The van der Waals surface area contributed by atoms with Crippen molar-refractivity contribution in [2.75, 3.05) is 11.9 Å². The summed E-state index contributed by atoms with van der Waals surface area (Å²) < 4.78 is 8.89. The lowest BCUT2D eigenvalue weighted by Crippen LogP contribution is -2.26. The van der Waals surface area contributed by atoms with E-state index < -0.39 is 0 Å². The van der Waals surface area contributed by atoms with Gasteiger partial charge in [0.1, 0.15) is 22.8 Å². The van der Waals surface area contributed by atoms with Crippen molar-refractivity contribution in [1.82, 2.24) is 23.9 Å². The number of ether oxygens (including phenoxy) is 1. The van der Waals surface area contributed by atoms with Gasteiger partial charge < -0.3 is 10.1 Å². The number of anilines is 2. The summed E-state index contributed by atoms with van der Waals surface area (Å²) in [5.74, 6) is 1.19. The first-order valence-electron chi connectivity index (χ1n) is 13.9. The van der Waals surface area contributed by atoms with Gasteiger partial charge in [-0.15, -0.1) is 0 Å². The lowest BCUT2D eigenvalue weighted by molar-refractivity contribution is 0.324. The second kappa shape index (κ2) is 9.52. The number of imidazole rings is 1. The minimum absolute atomic E-state index is 0.0209. The molecule has 0 saturated heterocycles. The number of hydrogen-bond acceptors (Lipinski definition) is 7. The molecule has 1 aliphatic heterocycles. The maximum absolute atomic E-state index is 13.8. The topological polar surface area (TPSA) is 98.7 Å². The quantitative estimate of drug-likeness (QED) is 0.228. The summed E-state index contributed by atoms with van der Waals surface area (Å²) in [5, 5.41) is 3.98. The Morgan fingerprint density at radius 3 is 2.81 bits per heavy atom. The zero-order valence-electron chi connectivity index (χ0n) is 23.6. The Balaban J connectivity index is 1.30. The molecule has 7 rings (SSSR count). The fraction of sp³-hybridized carbons (Fsp3) is 0.281. The predicted molar refractivity (Wildman–Crippen MR) is 166 cm³/mol. The fourth-order valence-corrected chi connectivity index (χ4v) is 6.06. The average molecular weight is 580 g/mol. The van der Waals surface area contributed by atoms with Gasteiger partial charge in [-0.25, -0.2) is 14.5 Å². The molecule has 1 spiro atoms. The number of nitrogens with zero attached hydrogens (tertiary/aromatic N) is 6. The number of benzene rings is 2. The van der Waals surface area contributed by atoms with Crippen LogP contribution in [0.1, 0.15) is 50.8 Å². The average Bonchev–Trinajstić information content (AvgIpc) is 3.56. The van der Waals surface area contributed by atoms with Crippen molar-refractivity contribution in [3.63, 3.8) is 0 Å². The number of halogens is 1. The number of rotatable bonds is 6. The smallest absolute Gasteiger partial charge is 0.270 e. The molecule has 2 aliphatic rings. The number of nitrogens with one attached hydrogen (secondary N) is 1. The van der Waals surface area contributed by atoms with E-state index in [1.165, 1.54) is 21.9 Å². The van der Waals surface area contributed by atoms with Crippen LogP contribution in [-0.4, -0.2) is 36.7 Å². The normalized spacial score (nSPS) is 17.0. The third-order valence-electron chi connectivity index (χ3n) is 8.01. The number of aromatic nitrogens is 5. The van der Waals surface area contributed by atoms with Crippen molar-refractivity contribution in [2.45, 2.75) is 45.1 Å². The van der Waals surface area contributed by atoms with Crippen molar-refractivity contribution in [1.29, 1.82) is 0 Å². The second-order valence-corrected chi connectivity index (χ2v) is 12.4. The minimum Gasteiger partial charge on any atom is -0.488 e. The highest BCUT2D eigenvalue weighted by Crippen LogP contribution is 2.54. The van der Waals surface area contributed by atoms with Crippen LogP contribution >= 0.6 is 11.6 Å². The number of aliphatic imine (C=N–C) groups is 1. The van der Waals surface area contributed by atoms with E-state index in [1.807, 2.05) is 0 Å². The van der Waals surface area contributed by atoms with Crippen LogP contribution in [-0.2, 0) is 5.41 Å². The van der Waals surface area contributed by atoms with E-state index in [0.717, 1.165) is 18.5 Å². The minimum atomic E-state index is -0.340. The van der Waals surface area contributed by atoms with Gasteiger partial charge in [0.15, 0.2) is 5.65 Å². The van der Waals surface area contributed by atoms with E-state index in [0.29, 0.717) is 39.2 Å². The van der Waals surface area contributed by atoms with Crippen LogP contribution < -0.4 is 15.6 Å². The van der Waals surface area contributed by atoms with Crippen LogP contribution in [0.4, 0.5) is 11.6 Å². The van der Waals surface area contributed by atoms with Crippen LogP contribution in [0, 0.1) is 5.41 Å². The molecule has 0 bridgehead atoms. The summed E-state index contributed by atoms with van der Waals surface area (Å²) in [4.78, 5) is 32.6. The molecule has 1 atom stereocenters. The molecule has 1 fully saturated rings. The van der Waals surface area contributed by atoms with E-state index >= 15 is 0 Å². The molecule has 0 amide bonds. The Morgan fingerprint density at radius 2 is 2.05 bits per heavy atom. The SMILES string of the molecule is C=CCOc1cccc(-n2c(=O)c3cnc(Nc4ccc5c(c4)C(C(C)(C)C)N=CC54CC4)nc3n3ccnc23)c1Cl. The van der Waals surface area contributed by atoms with Gasteiger partial charge in [0.2, 0.25) is 11.7 Å². The van der Waals surface area contributed by atoms with E-state index in [2.05, 4.69) is 67.0 Å². The maximum Gasteiger partial charge on any atom is 0.270 e. The third kappa shape index (κ3) is 4.18. The standard InChI is InChI=1S/C32H30ClN7O2/c1-5-15-42-24-8-6-7-23(25(24)33)40-28(41)21-17-35-29(38-27(21)39-14-13-34-30(39)40)37-19-9-10-22-20(16-19)26(31(2,3)4)36-18-32(22)11-12-32/h5-10,13-14,16-18,26H,1,11-12,15H2,2-4H3,(H,35,37,38). The Kier molecular flexibility index (Phi) is 5.99. The van der Waals surface area contributed by atoms with Gasteiger partial charge >= 0.3 is 0 Å². The van der Waals surface area contributed by atoms with Crippen LogP contribution in [0.3, 0.4) is 0 Å². The van der Waals surface area contributed by atoms with Gasteiger partial charge in [0.05, 0.1) is 11.7 Å².